The maximum Gasteiger partial charge on any atom is 0.272 e. The molecule has 5 nitrogen and oxygen atoms in total. The molecule has 0 aromatic carbocycles. The molecular weight excluding hydrogens is 216 g/mol. The molecule has 0 bridgehead atoms. The van der Waals surface area contributed by atoms with Crippen molar-refractivity contribution in [1.29, 1.82) is 0 Å². The quantitative estimate of drug-likeness (QED) is 0.827. The number of rotatable bonds is 4. The molecule has 2 N–H and O–H groups in total. The van der Waals surface area contributed by atoms with E-state index in [1.807, 2.05) is 6.92 Å². The Hall–Kier alpha value is -1.65. The Morgan fingerprint density at radius 1 is 1.41 bits per heavy atom. The molecule has 92 valence electrons. The summed E-state index contributed by atoms with van der Waals surface area (Å²) in [6.45, 7) is 4.97. The van der Waals surface area contributed by atoms with Crippen LogP contribution in [0.25, 0.3) is 0 Å². The van der Waals surface area contributed by atoms with E-state index in [-0.39, 0.29) is 5.91 Å². The van der Waals surface area contributed by atoms with Gasteiger partial charge in [-0.1, -0.05) is 6.92 Å². The molecular formula is C12H18N4O. The zero-order chi connectivity index (χ0) is 12.3. The van der Waals surface area contributed by atoms with E-state index in [0.717, 1.165) is 25.3 Å². The Kier molecular flexibility index (Phi) is 3.56. The molecule has 5 heteroatoms. The summed E-state index contributed by atoms with van der Waals surface area (Å²) < 4.78 is 0. The number of amides is 1. The number of hydrogen-bond acceptors (Lipinski definition) is 4. The topological polar surface area (TPSA) is 66.9 Å². The molecule has 1 aromatic heterocycles. The first-order chi connectivity index (χ1) is 8.19. The average molecular weight is 234 g/mol. The van der Waals surface area contributed by atoms with Crippen LogP contribution in [-0.4, -0.2) is 28.7 Å². The highest BCUT2D eigenvalue weighted by atomic mass is 16.2. The van der Waals surface area contributed by atoms with Crippen molar-refractivity contribution in [3.63, 3.8) is 0 Å². The van der Waals surface area contributed by atoms with Gasteiger partial charge in [0.05, 0.1) is 0 Å². The lowest BCUT2D eigenvalue weighted by Gasteiger charge is -2.33. The monoisotopic (exact) mass is 234 g/mol. The van der Waals surface area contributed by atoms with Gasteiger partial charge in [-0.15, -0.1) is 10.2 Å². The van der Waals surface area contributed by atoms with Gasteiger partial charge in [-0.3, -0.25) is 4.79 Å². The maximum absolute atomic E-state index is 11.8. The van der Waals surface area contributed by atoms with Crippen LogP contribution < -0.4 is 10.6 Å². The molecule has 0 saturated heterocycles. The van der Waals surface area contributed by atoms with Gasteiger partial charge in [0.1, 0.15) is 5.82 Å². The number of nitrogens with zero attached hydrogens (tertiary/aromatic N) is 2. The van der Waals surface area contributed by atoms with Crippen molar-refractivity contribution >= 4 is 11.7 Å². The summed E-state index contributed by atoms with van der Waals surface area (Å²) in [5.74, 6) is 1.29. The Labute approximate surface area is 101 Å². The van der Waals surface area contributed by atoms with Gasteiger partial charge in [0, 0.05) is 12.6 Å². The highest BCUT2D eigenvalue weighted by molar-refractivity contribution is 5.92. The van der Waals surface area contributed by atoms with E-state index in [0.29, 0.717) is 17.6 Å². The van der Waals surface area contributed by atoms with Crippen molar-refractivity contribution in [3.8, 4) is 0 Å². The second-order valence-corrected chi connectivity index (χ2v) is 4.58. The summed E-state index contributed by atoms with van der Waals surface area (Å²) >= 11 is 0. The second-order valence-electron chi connectivity index (χ2n) is 4.58. The SMILES string of the molecule is CCNc1ccc(C(=O)NC2CC(C)C2)nn1. The van der Waals surface area contributed by atoms with E-state index in [2.05, 4.69) is 27.8 Å². The molecule has 17 heavy (non-hydrogen) atoms. The Morgan fingerprint density at radius 2 is 2.18 bits per heavy atom. The van der Waals surface area contributed by atoms with Crippen LogP contribution in [0.3, 0.4) is 0 Å². The lowest BCUT2D eigenvalue weighted by atomic mass is 9.82. The molecule has 0 atom stereocenters. The van der Waals surface area contributed by atoms with Gasteiger partial charge in [0.15, 0.2) is 5.69 Å². The lowest BCUT2D eigenvalue weighted by molar-refractivity contribution is 0.0890. The van der Waals surface area contributed by atoms with Gasteiger partial charge >= 0.3 is 0 Å². The van der Waals surface area contributed by atoms with Crippen LogP contribution in [0.5, 0.6) is 0 Å². The number of carbonyl (C=O) groups excluding carboxylic acids is 1. The molecule has 0 radical (unpaired) electrons. The Bertz CT molecular complexity index is 384. The average Bonchev–Trinajstić information content (AvgIpc) is 2.28. The fraction of sp³-hybridized carbons (Fsp3) is 0.583. The first kappa shape index (κ1) is 11.8. The minimum atomic E-state index is -0.127. The number of nitrogens with one attached hydrogen (secondary N) is 2. The summed E-state index contributed by atoms with van der Waals surface area (Å²) in [7, 11) is 0. The minimum Gasteiger partial charge on any atom is -0.369 e. The van der Waals surface area contributed by atoms with Gasteiger partial charge in [0.25, 0.3) is 5.91 Å². The second kappa shape index (κ2) is 5.12. The zero-order valence-corrected chi connectivity index (χ0v) is 10.2. The fourth-order valence-corrected chi connectivity index (χ4v) is 2.01. The Balaban J connectivity index is 1.90. The fourth-order valence-electron chi connectivity index (χ4n) is 2.01. The summed E-state index contributed by atoms with van der Waals surface area (Å²) in [5.41, 5.74) is 0.381. The summed E-state index contributed by atoms with van der Waals surface area (Å²) in [6, 6.07) is 3.78. The largest absolute Gasteiger partial charge is 0.369 e. The molecule has 1 heterocycles. The van der Waals surface area contributed by atoms with Crippen molar-refractivity contribution in [2.24, 2.45) is 5.92 Å². The van der Waals surface area contributed by atoms with Crippen LogP contribution in [0.4, 0.5) is 5.82 Å². The van der Waals surface area contributed by atoms with Crippen LogP contribution in [0.1, 0.15) is 37.2 Å². The van der Waals surface area contributed by atoms with Gasteiger partial charge in [-0.2, -0.15) is 0 Å². The van der Waals surface area contributed by atoms with E-state index >= 15 is 0 Å². The molecule has 2 rings (SSSR count). The highest BCUT2D eigenvalue weighted by Crippen LogP contribution is 2.26. The van der Waals surface area contributed by atoms with Crippen LogP contribution in [0, 0.1) is 5.92 Å². The van der Waals surface area contributed by atoms with Crippen LogP contribution >= 0.6 is 0 Å². The predicted molar refractivity (Wildman–Crippen MR) is 65.8 cm³/mol. The van der Waals surface area contributed by atoms with E-state index in [1.54, 1.807) is 12.1 Å². The van der Waals surface area contributed by atoms with Gasteiger partial charge in [0.2, 0.25) is 0 Å². The van der Waals surface area contributed by atoms with Gasteiger partial charge in [-0.25, -0.2) is 0 Å². The predicted octanol–water partition coefficient (Wildman–Crippen LogP) is 1.44. The van der Waals surface area contributed by atoms with Crippen molar-refractivity contribution in [2.45, 2.75) is 32.7 Å². The van der Waals surface area contributed by atoms with E-state index in [9.17, 15) is 4.79 Å². The third-order valence-corrected chi connectivity index (χ3v) is 2.96. The number of aromatic nitrogens is 2. The molecule has 0 spiro atoms. The van der Waals surface area contributed by atoms with Crippen molar-refractivity contribution < 1.29 is 4.79 Å². The first-order valence-corrected chi connectivity index (χ1v) is 6.07. The van der Waals surface area contributed by atoms with Crippen molar-refractivity contribution in [1.82, 2.24) is 15.5 Å². The van der Waals surface area contributed by atoms with Gasteiger partial charge in [-0.05, 0) is 37.8 Å². The molecule has 0 aliphatic heterocycles. The normalized spacial score (nSPS) is 22.7. The van der Waals surface area contributed by atoms with Crippen molar-refractivity contribution in [3.05, 3.63) is 17.8 Å². The number of carbonyl (C=O) groups is 1. The minimum absolute atomic E-state index is 0.127. The van der Waals surface area contributed by atoms with E-state index in [4.69, 9.17) is 0 Å². The summed E-state index contributed by atoms with van der Waals surface area (Å²) in [5, 5.41) is 13.8. The summed E-state index contributed by atoms with van der Waals surface area (Å²) in [6.07, 6.45) is 2.13. The van der Waals surface area contributed by atoms with Gasteiger partial charge < -0.3 is 10.6 Å². The third kappa shape index (κ3) is 2.93. The molecule has 1 fully saturated rings. The standard InChI is InChI=1S/C12H18N4O/c1-3-13-11-5-4-10(15-16-11)12(17)14-9-6-8(2)7-9/h4-5,8-9H,3,6-7H2,1-2H3,(H,13,16)(H,14,17). The molecule has 1 amide bonds. The molecule has 1 aliphatic carbocycles. The van der Waals surface area contributed by atoms with E-state index < -0.39 is 0 Å². The maximum atomic E-state index is 11.8. The smallest absolute Gasteiger partial charge is 0.272 e. The van der Waals surface area contributed by atoms with Crippen LogP contribution in [-0.2, 0) is 0 Å². The first-order valence-electron chi connectivity index (χ1n) is 6.07. The number of anilines is 1. The molecule has 0 unspecified atom stereocenters. The van der Waals surface area contributed by atoms with Crippen molar-refractivity contribution in [2.75, 3.05) is 11.9 Å². The number of hydrogen-bond donors (Lipinski definition) is 2. The Morgan fingerprint density at radius 3 is 2.71 bits per heavy atom. The van der Waals surface area contributed by atoms with Crippen LogP contribution in [0.2, 0.25) is 0 Å². The van der Waals surface area contributed by atoms with E-state index in [1.165, 1.54) is 0 Å². The van der Waals surface area contributed by atoms with Crippen LogP contribution in [0.15, 0.2) is 12.1 Å². The third-order valence-electron chi connectivity index (χ3n) is 2.96. The zero-order valence-electron chi connectivity index (χ0n) is 10.2. The molecule has 1 aromatic rings. The molecule has 1 aliphatic rings. The summed E-state index contributed by atoms with van der Waals surface area (Å²) in [4.78, 5) is 11.8. The molecule has 1 saturated carbocycles. The lowest BCUT2D eigenvalue weighted by Crippen LogP contribution is -2.43. The highest BCUT2D eigenvalue weighted by Gasteiger charge is 2.27.